The Morgan fingerprint density at radius 3 is 2.51 bits per heavy atom. The van der Waals surface area contributed by atoms with E-state index in [2.05, 4.69) is 4.99 Å². The largest absolute Gasteiger partial charge is 0.497 e. The van der Waals surface area contributed by atoms with Gasteiger partial charge in [0, 0.05) is 28.2 Å². The van der Waals surface area contributed by atoms with Crippen molar-refractivity contribution in [2.75, 3.05) is 7.11 Å². The van der Waals surface area contributed by atoms with Gasteiger partial charge in [0.05, 0.1) is 41.6 Å². The van der Waals surface area contributed by atoms with Gasteiger partial charge in [-0.1, -0.05) is 59.9 Å². The van der Waals surface area contributed by atoms with Crippen molar-refractivity contribution in [3.63, 3.8) is 0 Å². The maximum absolute atomic E-state index is 14.5. The average Bonchev–Trinajstić information content (AvgIpc) is 3.49. The lowest BCUT2D eigenvalue weighted by Crippen LogP contribution is -2.40. The van der Waals surface area contributed by atoms with Crippen molar-refractivity contribution >= 4 is 34.3 Å². The molecule has 0 bridgehead atoms. The van der Waals surface area contributed by atoms with Crippen LogP contribution in [-0.2, 0) is 16.1 Å². The summed E-state index contributed by atoms with van der Waals surface area (Å²) in [5, 5.41) is 0.939. The summed E-state index contributed by atoms with van der Waals surface area (Å²) in [6.45, 7) is 5.68. The number of aromatic nitrogens is 2. The Labute approximate surface area is 251 Å². The molecule has 0 saturated heterocycles. The van der Waals surface area contributed by atoms with Crippen LogP contribution in [0.25, 0.3) is 17.0 Å². The van der Waals surface area contributed by atoms with Gasteiger partial charge in [-0.15, -0.1) is 0 Å². The number of carbonyl (C=O) groups is 1. The molecule has 0 N–H and O–H groups in total. The molecule has 0 saturated carbocycles. The van der Waals surface area contributed by atoms with Crippen LogP contribution in [0.2, 0.25) is 0 Å². The SMILES string of the molecule is COc1ccc(C2C(C(=O)OC(C)C)=C(C)N=c3sc(=Cc4cn(Cc5ccccc5F)c5ccccc45)c(=O)n32)cc1. The van der Waals surface area contributed by atoms with Gasteiger partial charge in [-0.2, -0.15) is 0 Å². The molecular weight excluding hydrogens is 565 g/mol. The standard InChI is InChI=1S/C34H30FN3O4S/c1-20(2)42-33(40)30-21(3)36-34-38(31(30)22-13-15-25(41-4)16-14-22)32(39)29(43-34)17-24-19-37(28-12-8-6-10-26(24)28)18-23-9-5-7-11-27(23)35/h5-17,19-20,31H,18H2,1-4H3. The fourth-order valence-corrected chi connectivity index (χ4v) is 6.47. The Morgan fingerprint density at radius 2 is 1.79 bits per heavy atom. The molecule has 1 unspecified atom stereocenters. The summed E-state index contributed by atoms with van der Waals surface area (Å²) in [7, 11) is 1.58. The monoisotopic (exact) mass is 595 g/mol. The number of methoxy groups -OCH3 is 1. The fraction of sp³-hybridized carbons (Fsp3) is 0.206. The van der Waals surface area contributed by atoms with Crippen LogP contribution in [0, 0.1) is 5.82 Å². The van der Waals surface area contributed by atoms with Gasteiger partial charge in [0.1, 0.15) is 11.6 Å². The topological polar surface area (TPSA) is 74.8 Å². The van der Waals surface area contributed by atoms with Crippen LogP contribution in [0.15, 0.2) is 100 Å². The molecule has 7 nitrogen and oxygen atoms in total. The summed E-state index contributed by atoms with van der Waals surface area (Å²) in [6.07, 6.45) is 3.45. The number of ether oxygens (including phenoxy) is 2. The first-order valence-corrected chi connectivity index (χ1v) is 14.8. The highest BCUT2D eigenvalue weighted by Crippen LogP contribution is 2.32. The van der Waals surface area contributed by atoms with E-state index in [0.29, 0.717) is 38.5 Å². The van der Waals surface area contributed by atoms with E-state index in [9.17, 15) is 14.0 Å². The van der Waals surface area contributed by atoms with Crippen molar-refractivity contribution in [3.8, 4) is 5.75 Å². The molecule has 2 aromatic heterocycles. The van der Waals surface area contributed by atoms with Gasteiger partial charge in [0.15, 0.2) is 4.80 Å². The quantitative estimate of drug-likeness (QED) is 0.238. The Bertz CT molecular complexity index is 2070. The molecule has 0 spiro atoms. The van der Waals surface area contributed by atoms with E-state index in [0.717, 1.165) is 22.0 Å². The van der Waals surface area contributed by atoms with Crippen LogP contribution in [0.1, 0.15) is 43.5 Å². The van der Waals surface area contributed by atoms with Crippen molar-refractivity contribution < 1.29 is 18.7 Å². The number of hydrogen-bond acceptors (Lipinski definition) is 6. The summed E-state index contributed by atoms with van der Waals surface area (Å²) in [5.41, 5.74) is 3.62. The predicted octanol–water partition coefficient (Wildman–Crippen LogP) is 5.34. The lowest BCUT2D eigenvalue weighted by molar-refractivity contribution is -0.143. The molecule has 9 heteroatoms. The summed E-state index contributed by atoms with van der Waals surface area (Å²) in [6, 6.07) is 21.1. The molecule has 6 rings (SSSR count). The molecule has 0 fully saturated rings. The van der Waals surface area contributed by atoms with Crippen LogP contribution in [0.5, 0.6) is 5.75 Å². The first kappa shape index (κ1) is 28.4. The third-order valence-corrected chi connectivity index (χ3v) is 8.40. The minimum atomic E-state index is -0.724. The van der Waals surface area contributed by atoms with E-state index in [-0.39, 0.29) is 17.5 Å². The van der Waals surface area contributed by atoms with Gasteiger partial charge in [-0.3, -0.25) is 9.36 Å². The highest BCUT2D eigenvalue weighted by Gasteiger charge is 2.33. The molecule has 3 heterocycles. The summed E-state index contributed by atoms with van der Waals surface area (Å²) in [5.74, 6) is -0.117. The Kier molecular flexibility index (Phi) is 7.58. The number of benzene rings is 3. The molecule has 0 aliphatic carbocycles. The fourth-order valence-electron chi connectivity index (χ4n) is 5.43. The minimum Gasteiger partial charge on any atom is -0.497 e. The number of thiazole rings is 1. The number of allylic oxidation sites excluding steroid dienone is 1. The molecule has 218 valence electrons. The van der Waals surface area contributed by atoms with Gasteiger partial charge in [-0.25, -0.2) is 14.2 Å². The van der Waals surface area contributed by atoms with Crippen molar-refractivity contribution in [1.82, 2.24) is 9.13 Å². The predicted molar refractivity (Wildman–Crippen MR) is 165 cm³/mol. The third kappa shape index (κ3) is 5.32. The van der Waals surface area contributed by atoms with Crippen molar-refractivity contribution in [2.24, 2.45) is 4.99 Å². The van der Waals surface area contributed by atoms with E-state index < -0.39 is 12.0 Å². The number of carbonyl (C=O) groups excluding carboxylic acids is 1. The second-order valence-electron chi connectivity index (χ2n) is 10.6. The van der Waals surface area contributed by atoms with Gasteiger partial charge in [-0.05, 0) is 56.7 Å². The van der Waals surface area contributed by atoms with E-state index >= 15 is 0 Å². The minimum absolute atomic E-state index is 0.266. The number of para-hydroxylation sites is 1. The zero-order valence-electron chi connectivity index (χ0n) is 24.2. The Morgan fingerprint density at radius 1 is 1.07 bits per heavy atom. The molecule has 5 aromatic rings. The average molecular weight is 596 g/mol. The summed E-state index contributed by atoms with van der Waals surface area (Å²) in [4.78, 5) is 32.7. The number of rotatable bonds is 7. The first-order valence-electron chi connectivity index (χ1n) is 13.9. The van der Waals surface area contributed by atoms with E-state index in [1.807, 2.05) is 59.3 Å². The zero-order chi connectivity index (χ0) is 30.2. The van der Waals surface area contributed by atoms with E-state index in [1.165, 1.54) is 17.4 Å². The second-order valence-corrected chi connectivity index (χ2v) is 11.6. The van der Waals surface area contributed by atoms with Gasteiger partial charge >= 0.3 is 5.97 Å². The highest BCUT2D eigenvalue weighted by atomic mass is 32.1. The third-order valence-electron chi connectivity index (χ3n) is 7.42. The van der Waals surface area contributed by atoms with Gasteiger partial charge in [0.25, 0.3) is 5.56 Å². The molecule has 43 heavy (non-hydrogen) atoms. The zero-order valence-corrected chi connectivity index (χ0v) is 25.0. The van der Waals surface area contributed by atoms with Crippen LogP contribution in [0.3, 0.4) is 0 Å². The summed E-state index contributed by atoms with van der Waals surface area (Å²) < 4.78 is 29.5. The van der Waals surface area contributed by atoms with Crippen LogP contribution < -0.4 is 19.6 Å². The Balaban J connectivity index is 1.51. The van der Waals surface area contributed by atoms with Crippen molar-refractivity contribution in [2.45, 2.75) is 39.5 Å². The van der Waals surface area contributed by atoms with Gasteiger partial charge < -0.3 is 14.0 Å². The molecule has 1 aliphatic heterocycles. The number of nitrogens with zero attached hydrogens (tertiary/aromatic N) is 3. The molecule has 3 aromatic carbocycles. The lowest BCUT2D eigenvalue weighted by Gasteiger charge is -2.25. The van der Waals surface area contributed by atoms with E-state index in [1.54, 1.807) is 56.7 Å². The van der Waals surface area contributed by atoms with Crippen molar-refractivity contribution in [3.05, 3.63) is 132 Å². The molecule has 0 radical (unpaired) electrons. The normalized spacial score (nSPS) is 15.1. The smallest absolute Gasteiger partial charge is 0.338 e. The molecule has 1 atom stereocenters. The van der Waals surface area contributed by atoms with Crippen LogP contribution in [-0.4, -0.2) is 28.3 Å². The maximum atomic E-state index is 14.5. The molecular formula is C34H30FN3O4S. The number of halogens is 1. The highest BCUT2D eigenvalue weighted by molar-refractivity contribution is 7.07. The van der Waals surface area contributed by atoms with Gasteiger partial charge in [0.2, 0.25) is 0 Å². The number of fused-ring (bicyclic) bond motifs is 2. The number of esters is 1. The van der Waals surface area contributed by atoms with Crippen LogP contribution >= 0.6 is 11.3 Å². The molecule has 0 amide bonds. The van der Waals surface area contributed by atoms with E-state index in [4.69, 9.17) is 9.47 Å². The number of hydrogen-bond donors (Lipinski definition) is 0. The molecule has 1 aliphatic rings. The Hall–Kier alpha value is -4.76. The van der Waals surface area contributed by atoms with Crippen LogP contribution in [0.4, 0.5) is 4.39 Å². The maximum Gasteiger partial charge on any atom is 0.338 e. The first-order chi connectivity index (χ1) is 20.7. The second kappa shape index (κ2) is 11.5. The van der Waals surface area contributed by atoms with Crippen molar-refractivity contribution in [1.29, 1.82) is 0 Å². The lowest BCUT2D eigenvalue weighted by atomic mass is 9.96. The summed E-state index contributed by atoms with van der Waals surface area (Å²) >= 11 is 1.27.